The van der Waals surface area contributed by atoms with E-state index in [9.17, 15) is 4.79 Å². The number of nitrogens with zero attached hydrogens (tertiary/aromatic N) is 1. The van der Waals surface area contributed by atoms with E-state index in [2.05, 4.69) is 89.0 Å². The van der Waals surface area contributed by atoms with Crippen molar-refractivity contribution in [2.24, 2.45) is 5.92 Å². The number of carbonyl (C=O) groups is 1. The highest BCUT2D eigenvalue weighted by molar-refractivity contribution is 5.92. The second kappa shape index (κ2) is 10.7. The van der Waals surface area contributed by atoms with E-state index >= 15 is 0 Å². The van der Waals surface area contributed by atoms with Crippen molar-refractivity contribution in [3.05, 3.63) is 89.6 Å². The van der Waals surface area contributed by atoms with Crippen molar-refractivity contribution in [2.45, 2.75) is 52.5 Å². The highest BCUT2D eigenvalue weighted by atomic mass is 16.1. The Morgan fingerprint density at radius 1 is 1.00 bits per heavy atom. The van der Waals surface area contributed by atoms with Gasteiger partial charge in [-0.1, -0.05) is 69.3 Å². The van der Waals surface area contributed by atoms with Gasteiger partial charge >= 0.3 is 0 Å². The van der Waals surface area contributed by atoms with Crippen LogP contribution in [-0.4, -0.2) is 28.9 Å². The number of amides is 1. The highest BCUT2D eigenvalue weighted by Crippen LogP contribution is 2.32. The highest BCUT2D eigenvalue weighted by Gasteiger charge is 2.22. The molecule has 1 aromatic heterocycles. The zero-order chi connectivity index (χ0) is 25.1. The minimum Gasteiger partial charge on any atom is -0.361 e. The lowest BCUT2D eigenvalue weighted by molar-refractivity contribution is -0.118. The lowest BCUT2D eigenvalue weighted by Gasteiger charge is -2.32. The van der Waals surface area contributed by atoms with E-state index in [1.807, 2.05) is 19.9 Å². The fraction of sp³-hybridized carbons (Fsp3) is 0.344. The molecule has 4 aromatic rings. The summed E-state index contributed by atoms with van der Waals surface area (Å²) in [5, 5.41) is 4.36. The van der Waals surface area contributed by atoms with Gasteiger partial charge in [0, 0.05) is 35.2 Å². The summed E-state index contributed by atoms with van der Waals surface area (Å²) in [5.74, 6) is 0.601. The van der Waals surface area contributed by atoms with Crippen LogP contribution in [0.25, 0.3) is 22.0 Å². The van der Waals surface area contributed by atoms with Gasteiger partial charge < -0.3 is 10.3 Å². The van der Waals surface area contributed by atoms with Crippen molar-refractivity contribution in [1.29, 1.82) is 0 Å². The zero-order valence-corrected chi connectivity index (χ0v) is 21.7. The number of aryl methyl sites for hydroxylation is 1. The first kappa shape index (κ1) is 24.3. The fourth-order valence-corrected chi connectivity index (χ4v) is 5.25. The molecule has 0 bridgehead atoms. The maximum Gasteiger partial charge on any atom is 0.226 e. The lowest BCUT2D eigenvalue weighted by Crippen LogP contribution is -2.32. The molecule has 4 nitrogen and oxygen atoms in total. The Hall–Kier alpha value is -3.37. The molecule has 1 aliphatic heterocycles. The van der Waals surface area contributed by atoms with Crippen molar-refractivity contribution in [3.8, 4) is 11.1 Å². The van der Waals surface area contributed by atoms with E-state index in [1.54, 1.807) is 0 Å². The van der Waals surface area contributed by atoms with Crippen LogP contribution in [0.4, 0.5) is 5.69 Å². The number of carbonyl (C=O) groups excluding carboxylic acids is 1. The second-order valence-electron chi connectivity index (χ2n) is 10.4. The molecule has 1 aliphatic rings. The number of H-pyrrole nitrogens is 1. The van der Waals surface area contributed by atoms with E-state index in [1.165, 1.54) is 38.7 Å². The summed E-state index contributed by atoms with van der Waals surface area (Å²) in [6.45, 7) is 9.18. The average molecular weight is 480 g/mol. The first-order valence-electron chi connectivity index (χ1n) is 13.3. The Bertz CT molecular complexity index is 1330. The standard InChI is InChI=1S/C32H37N3O/c1-4-23-8-10-24(11-9-23)27-12-13-30-28(20-33-31(30)19-27)21-35-16-14-25(15-17-35)26-6-5-7-29(18-26)34-32(36)22(2)3/h5-13,18-20,22,25,33H,4,14-17,21H2,1-3H3,(H,34,36). The van der Waals surface area contributed by atoms with E-state index in [0.29, 0.717) is 5.92 Å². The first-order chi connectivity index (χ1) is 17.5. The van der Waals surface area contributed by atoms with Crippen LogP contribution in [0.1, 0.15) is 56.2 Å². The van der Waals surface area contributed by atoms with Gasteiger partial charge in [0.2, 0.25) is 5.91 Å². The minimum atomic E-state index is -0.0136. The number of benzene rings is 3. The third kappa shape index (κ3) is 5.39. The summed E-state index contributed by atoms with van der Waals surface area (Å²) in [7, 11) is 0. The van der Waals surface area contributed by atoms with Gasteiger partial charge in [0.25, 0.3) is 0 Å². The Morgan fingerprint density at radius 2 is 1.75 bits per heavy atom. The first-order valence-corrected chi connectivity index (χ1v) is 13.3. The van der Waals surface area contributed by atoms with Crippen LogP contribution < -0.4 is 5.32 Å². The van der Waals surface area contributed by atoms with Gasteiger partial charge in [-0.3, -0.25) is 9.69 Å². The van der Waals surface area contributed by atoms with E-state index in [0.717, 1.165) is 44.6 Å². The van der Waals surface area contributed by atoms with Crippen molar-refractivity contribution in [3.63, 3.8) is 0 Å². The maximum atomic E-state index is 12.1. The molecule has 0 radical (unpaired) electrons. The summed E-state index contributed by atoms with van der Waals surface area (Å²) in [5.41, 5.74) is 8.71. The summed E-state index contributed by atoms with van der Waals surface area (Å²) in [4.78, 5) is 18.2. The summed E-state index contributed by atoms with van der Waals surface area (Å²) in [6.07, 6.45) is 5.53. The second-order valence-corrected chi connectivity index (χ2v) is 10.4. The predicted octanol–water partition coefficient (Wildman–Crippen LogP) is 7.37. The molecular formula is C32H37N3O. The van der Waals surface area contributed by atoms with Crippen LogP contribution in [-0.2, 0) is 17.8 Å². The number of hydrogen-bond donors (Lipinski definition) is 2. The number of aromatic amines is 1. The van der Waals surface area contributed by atoms with E-state index < -0.39 is 0 Å². The van der Waals surface area contributed by atoms with E-state index in [-0.39, 0.29) is 11.8 Å². The van der Waals surface area contributed by atoms with Gasteiger partial charge in [0.05, 0.1) is 0 Å². The Kier molecular flexibility index (Phi) is 7.24. The molecule has 5 rings (SSSR count). The van der Waals surface area contributed by atoms with Crippen molar-refractivity contribution >= 4 is 22.5 Å². The number of hydrogen-bond acceptors (Lipinski definition) is 2. The fourth-order valence-electron chi connectivity index (χ4n) is 5.25. The number of fused-ring (bicyclic) bond motifs is 1. The molecule has 1 amide bonds. The van der Waals surface area contributed by atoms with Crippen LogP contribution in [0.15, 0.2) is 72.9 Å². The quantitative estimate of drug-likeness (QED) is 0.291. The number of piperidine rings is 1. The number of rotatable bonds is 7. The molecule has 36 heavy (non-hydrogen) atoms. The molecule has 0 aliphatic carbocycles. The smallest absolute Gasteiger partial charge is 0.226 e. The summed E-state index contributed by atoms with van der Waals surface area (Å²) < 4.78 is 0. The van der Waals surface area contributed by atoms with Crippen LogP contribution in [0.3, 0.4) is 0 Å². The monoisotopic (exact) mass is 479 g/mol. The molecule has 1 fully saturated rings. The maximum absolute atomic E-state index is 12.1. The topological polar surface area (TPSA) is 48.1 Å². The van der Waals surface area contributed by atoms with Gasteiger partial charge in [-0.25, -0.2) is 0 Å². The molecule has 0 unspecified atom stereocenters. The normalized spacial score (nSPS) is 15.0. The number of likely N-dealkylation sites (tertiary alicyclic amines) is 1. The molecule has 186 valence electrons. The molecule has 2 heterocycles. The summed E-state index contributed by atoms with van der Waals surface area (Å²) >= 11 is 0. The molecule has 0 spiro atoms. The molecule has 1 saturated heterocycles. The SMILES string of the molecule is CCc1ccc(-c2ccc3c(CN4CCC(c5cccc(NC(=O)C(C)C)c5)CC4)c[nH]c3c2)cc1. The van der Waals surface area contributed by atoms with Crippen LogP contribution >= 0.6 is 0 Å². The number of aromatic nitrogens is 1. The third-order valence-electron chi connectivity index (χ3n) is 7.59. The Morgan fingerprint density at radius 3 is 2.47 bits per heavy atom. The van der Waals surface area contributed by atoms with Gasteiger partial charge in [0.15, 0.2) is 0 Å². The van der Waals surface area contributed by atoms with E-state index in [4.69, 9.17) is 0 Å². The Labute approximate surface area is 214 Å². The van der Waals surface area contributed by atoms with Crippen molar-refractivity contribution in [1.82, 2.24) is 9.88 Å². The Balaban J connectivity index is 1.21. The summed E-state index contributed by atoms with van der Waals surface area (Å²) in [6, 6.07) is 24.1. The van der Waals surface area contributed by atoms with Gasteiger partial charge in [-0.15, -0.1) is 0 Å². The number of nitrogens with one attached hydrogen (secondary N) is 2. The molecular weight excluding hydrogens is 442 g/mol. The molecule has 0 saturated carbocycles. The lowest BCUT2D eigenvalue weighted by atomic mass is 9.89. The van der Waals surface area contributed by atoms with Gasteiger partial charge in [-0.05, 0) is 84.3 Å². The van der Waals surface area contributed by atoms with Crippen LogP contribution in [0.5, 0.6) is 0 Å². The largest absolute Gasteiger partial charge is 0.361 e. The average Bonchev–Trinajstić information content (AvgIpc) is 3.31. The van der Waals surface area contributed by atoms with Gasteiger partial charge in [0.1, 0.15) is 0 Å². The minimum absolute atomic E-state index is 0.0136. The van der Waals surface area contributed by atoms with Crippen LogP contribution in [0.2, 0.25) is 0 Å². The predicted molar refractivity (Wildman–Crippen MR) is 150 cm³/mol. The van der Waals surface area contributed by atoms with Gasteiger partial charge in [-0.2, -0.15) is 0 Å². The zero-order valence-electron chi connectivity index (χ0n) is 21.7. The molecule has 3 aromatic carbocycles. The molecule has 2 N–H and O–H groups in total. The van der Waals surface area contributed by atoms with Crippen molar-refractivity contribution in [2.75, 3.05) is 18.4 Å². The van der Waals surface area contributed by atoms with Crippen molar-refractivity contribution < 1.29 is 4.79 Å². The molecule has 0 atom stereocenters. The molecule has 4 heteroatoms. The third-order valence-corrected chi connectivity index (χ3v) is 7.59. The number of anilines is 1. The van der Waals surface area contributed by atoms with Crippen LogP contribution in [0, 0.1) is 5.92 Å².